The molecule has 0 aliphatic heterocycles. The van der Waals surface area contributed by atoms with Gasteiger partial charge in [-0.1, -0.05) is 17.7 Å². The fourth-order valence-electron chi connectivity index (χ4n) is 2.56. The highest BCUT2D eigenvalue weighted by molar-refractivity contribution is 7.89. The second-order valence-electron chi connectivity index (χ2n) is 5.93. The van der Waals surface area contributed by atoms with Crippen molar-refractivity contribution in [1.82, 2.24) is 9.71 Å². The predicted molar refractivity (Wildman–Crippen MR) is 100 cm³/mol. The lowest BCUT2D eigenvalue weighted by Gasteiger charge is -2.11. The Hall–Kier alpha value is -2.42. The van der Waals surface area contributed by atoms with Crippen LogP contribution in [0.1, 0.15) is 11.1 Å². The molecule has 2 aromatic carbocycles. The Morgan fingerprint density at radius 2 is 1.68 bits per heavy atom. The van der Waals surface area contributed by atoms with Gasteiger partial charge in [-0.2, -0.15) is 13.2 Å². The number of benzene rings is 2. The monoisotopic (exact) mass is 426 g/mol. The molecule has 1 heterocycles. The molecule has 0 fully saturated rings. The first-order valence-electron chi connectivity index (χ1n) is 8.02. The molecule has 0 atom stereocenters. The Kier molecular flexibility index (Phi) is 5.74. The Morgan fingerprint density at radius 1 is 0.964 bits per heavy atom. The maximum Gasteiger partial charge on any atom is 0.416 e. The van der Waals surface area contributed by atoms with Crippen molar-refractivity contribution in [3.8, 4) is 11.1 Å². The van der Waals surface area contributed by atoms with Gasteiger partial charge in [0.15, 0.2) is 0 Å². The number of alkyl halides is 3. The maximum absolute atomic E-state index is 12.8. The van der Waals surface area contributed by atoms with Crippen LogP contribution in [0.25, 0.3) is 11.1 Å². The molecule has 0 bridgehead atoms. The topological polar surface area (TPSA) is 59.1 Å². The van der Waals surface area contributed by atoms with E-state index in [9.17, 15) is 21.6 Å². The number of nitrogens with one attached hydrogen (secondary N) is 1. The number of nitrogens with zero attached hydrogens (tertiary/aromatic N) is 1. The van der Waals surface area contributed by atoms with Gasteiger partial charge in [-0.25, -0.2) is 13.1 Å². The molecule has 1 aromatic heterocycles. The first-order chi connectivity index (χ1) is 13.1. The van der Waals surface area contributed by atoms with Crippen LogP contribution in [0.2, 0.25) is 5.02 Å². The lowest BCUT2D eigenvalue weighted by molar-refractivity contribution is -0.137. The van der Waals surface area contributed by atoms with E-state index in [2.05, 4.69) is 9.71 Å². The van der Waals surface area contributed by atoms with Gasteiger partial charge >= 0.3 is 6.18 Å². The summed E-state index contributed by atoms with van der Waals surface area (Å²) in [4.78, 5) is 3.48. The lowest BCUT2D eigenvalue weighted by Crippen LogP contribution is -2.23. The normalized spacial score (nSPS) is 12.1. The zero-order chi connectivity index (χ0) is 20.4. The number of aromatic nitrogens is 1. The van der Waals surface area contributed by atoms with Crippen LogP contribution in [0.3, 0.4) is 0 Å². The van der Waals surface area contributed by atoms with Gasteiger partial charge in [0.25, 0.3) is 0 Å². The Bertz CT molecular complexity index is 1090. The van der Waals surface area contributed by atoms with E-state index in [0.29, 0.717) is 16.7 Å². The fraction of sp³-hybridized carbons (Fsp3) is 0.105. The average molecular weight is 427 g/mol. The molecule has 0 saturated heterocycles. The standard InChI is InChI=1S/C19H14ClF3N2O2S/c20-17-9-13(8-15(10-17)14-4-6-24-7-5-14)12-25-28(26,27)18-3-1-2-16(11-18)19(21,22)23/h1-11,25H,12H2. The van der Waals surface area contributed by atoms with E-state index >= 15 is 0 Å². The van der Waals surface area contributed by atoms with Crippen LogP contribution < -0.4 is 4.72 Å². The van der Waals surface area contributed by atoms with Crippen LogP contribution in [-0.2, 0) is 22.7 Å². The highest BCUT2D eigenvalue weighted by Gasteiger charge is 2.31. The number of sulfonamides is 1. The SMILES string of the molecule is O=S(=O)(NCc1cc(Cl)cc(-c2ccncc2)c1)c1cccc(C(F)(F)F)c1. The maximum atomic E-state index is 12.8. The molecule has 0 spiro atoms. The summed E-state index contributed by atoms with van der Waals surface area (Å²) < 4.78 is 65.6. The van der Waals surface area contributed by atoms with Gasteiger partial charge in [0.1, 0.15) is 0 Å². The van der Waals surface area contributed by atoms with Crippen LogP contribution in [0.4, 0.5) is 13.2 Å². The molecule has 3 rings (SSSR count). The molecule has 9 heteroatoms. The second kappa shape index (κ2) is 7.90. The van der Waals surface area contributed by atoms with Gasteiger partial charge in [-0.05, 0) is 65.2 Å². The minimum Gasteiger partial charge on any atom is -0.265 e. The number of hydrogen-bond acceptors (Lipinski definition) is 3. The first-order valence-corrected chi connectivity index (χ1v) is 9.88. The summed E-state index contributed by atoms with van der Waals surface area (Å²) in [5.41, 5.74) is 1.15. The molecule has 0 aliphatic rings. The third-order valence-corrected chi connectivity index (χ3v) is 5.53. The highest BCUT2D eigenvalue weighted by Crippen LogP contribution is 2.30. The third kappa shape index (κ3) is 4.89. The Morgan fingerprint density at radius 3 is 2.36 bits per heavy atom. The Labute approximate surface area is 165 Å². The zero-order valence-electron chi connectivity index (χ0n) is 14.2. The number of rotatable bonds is 5. The first kappa shape index (κ1) is 20.3. The van der Waals surface area contributed by atoms with Crippen molar-refractivity contribution < 1.29 is 21.6 Å². The van der Waals surface area contributed by atoms with Crippen molar-refractivity contribution in [2.24, 2.45) is 0 Å². The van der Waals surface area contributed by atoms with E-state index in [0.717, 1.165) is 29.3 Å². The fourth-order valence-corrected chi connectivity index (χ4v) is 3.89. The van der Waals surface area contributed by atoms with Crippen LogP contribution >= 0.6 is 11.6 Å². The summed E-state index contributed by atoms with van der Waals surface area (Å²) >= 11 is 6.12. The molecule has 4 nitrogen and oxygen atoms in total. The van der Waals surface area contributed by atoms with E-state index < -0.39 is 26.7 Å². The van der Waals surface area contributed by atoms with Gasteiger partial charge < -0.3 is 0 Å². The highest BCUT2D eigenvalue weighted by atomic mass is 35.5. The van der Waals surface area contributed by atoms with Gasteiger partial charge in [0.2, 0.25) is 10.0 Å². The minimum atomic E-state index is -4.63. The minimum absolute atomic E-state index is 0.128. The summed E-state index contributed by atoms with van der Waals surface area (Å²) in [7, 11) is -4.13. The molecule has 0 radical (unpaired) electrons. The smallest absolute Gasteiger partial charge is 0.265 e. The summed E-state index contributed by atoms with van der Waals surface area (Å²) in [6, 6.07) is 12.2. The van der Waals surface area contributed by atoms with E-state index in [1.54, 1.807) is 42.7 Å². The molecule has 146 valence electrons. The molecule has 28 heavy (non-hydrogen) atoms. The third-order valence-electron chi connectivity index (χ3n) is 3.91. The van der Waals surface area contributed by atoms with Crippen molar-refractivity contribution in [3.05, 3.63) is 83.1 Å². The molecular weight excluding hydrogens is 413 g/mol. The van der Waals surface area contributed by atoms with E-state index in [1.807, 2.05) is 0 Å². The number of halogens is 4. The van der Waals surface area contributed by atoms with Crippen molar-refractivity contribution in [3.63, 3.8) is 0 Å². The summed E-state index contributed by atoms with van der Waals surface area (Å²) in [5.74, 6) is 0. The molecular formula is C19H14ClF3N2O2S. The van der Waals surface area contributed by atoms with Crippen LogP contribution in [0.5, 0.6) is 0 Å². The van der Waals surface area contributed by atoms with Gasteiger partial charge in [-0.15, -0.1) is 0 Å². The van der Waals surface area contributed by atoms with E-state index in [-0.39, 0.29) is 6.54 Å². The van der Waals surface area contributed by atoms with Crippen molar-refractivity contribution >= 4 is 21.6 Å². The molecule has 0 saturated carbocycles. The lowest BCUT2D eigenvalue weighted by atomic mass is 10.0. The van der Waals surface area contributed by atoms with Crippen LogP contribution in [0, 0.1) is 0 Å². The van der Waals surface area contributed by atoms with Crippen LogP contribution in [-0.4, -0.2) is 13.4 Å². The van der Waals surface area contributed by atoms with Gasteiger partial charge in [0.05, 0.1) is 10.5 Å². The molecule has 0 aliphatic carbocycles. The Balaban J connectivity index is 1.83. The van der Waals surface area contributed by atoms with E-state index in [1.165, 1.54) is 0 Å². The zero-order valence-corrected chi connectivity index (χ0v) is 15.8. The van der Waals surface area contributed by atoms with Gasteiger partial charge in [-0.3, -0.25) is 4.98 Å². The molecule has 0 unspecified atom stereocenters. The van der Waals surface area contributed by atoms with Gasteiger partial charge in [0, 0.05) is 24.0 Å². The summed E-state index contributed by atoms with van der Waals surface area (Å²) in [5, 5.41) is 0.405. The quantitative estimate of drug-likeness (QED) is 0.631. The second-order valence-corrected chi connectivity index (χ2v) is 8.14. The largest absolute Gasteiger partial charge is 0.416 e. The predicted octanol–water partition coefficient (Wildman–Crippen LogP) is 4.90. The molecule has 3 aromatic rings. The summed E-state index contributed by atoms with van der Waals surface area (Å²) in [6.07, 6.45) is -1.39. The molecule has 0 amide bonds. The van der Waals surface area contributed by atoms with Crippen LogP contribution in [0.15, 0.2) is 71.9 Å². The average Bonchev–Trinajstić information content (AvgIpc) is 2.66. The number of pyridine rings is 1. The summed E-state index contributed by atoms with van der Waals surface area (Å²) in [6.45, 7) is -0.128. The number of hydrogen-bond donors (Lipinski definition) is 1. The molecule has 1 N–H and O–H groups in total. The van der Waals surface area contributed by atoms with E-state index in [4.69, 9.17) is 11.6 Å². The van der Waals surface area contributed by atoms with Crippen molar-refractivity contribution in [2.75, 3.05) is 0 Å². The van der Waals surface area contributed by atoms with Crippen molar-refractivity contribution in [2.45, 2.75) is 17.6 Å². The van der Waals surface area contributed by atoms with Crippen molar-refractivity contribution in [1.29, 1.82) is 0 Å².